The van der Waals surface area contributed by atoms with Crippen molar-refractivity contribution in [3.63, 3.8) is 0 Å². The van der Waals surface area contributed by atoms with Crippen LogP contribution in [0, 0.1) is 0 Å². The maximum atomic E-state index is 5.20. The van der Waals surface area contributed by atoms with Crippen LogP contribution in [0.15, 0.2) is 24.3 Å². The van der Waals surface area contributed by atoms with Gasteiger partial charge in [-0.2, -0.15) is 0 Å². The molecule has 78 valence electrons. The zero-order valence-corrected chi connectivity index (χ0v) is 8.71. The average Bonchev–Trinajstić information content (AvgIpc) is 2.56. The van der Waals surface area contributed by atoms with Gasteiger partial charge in [0.25, 0.3) is 0 Å². The van der Waals surface area contributed by atoms with E-state index in [9.17, 15) is 0 Å². The molecule has 2 heterocycles. The van der Waals surface area contributed by atoms with E-state index < -0.39 is 0 Å². The first kappa shape index (κ1) is 8.80. The summed E-state index contributed by atoms with van der Waals surface area (Å²) in [7, 11) is 1.70. The van der Waals surface area contributed by atoms with Crippen molar-refractivity contribution in [2.75, 3.05) is 20.2 Å². The molecule has 0 spiro atoms. The molecule has 0 aliphatic carbocycles. The van der Waals surface area contributed by atoms with Gasteiger partial charge in [-0.05, 0) is 23.6 Å². The van der Waals surface area contributed by atoms with Gasteiger partial charge in [-0.15, -0.1) is 0 Å². The van der Waals surface area contributed by atoms with Crippen molar-refractivity contribution in [1.82, 2.24) is 10.3 Å². The molecule has 3 rings (SSSR count). The van der Waals surface area contributed by atoms with Gasteiger partial charge in [0.1, 0.15) is 5.75 Å². The Morgan fingerprint density at radius 2 is 2.13 bits per heavy atom. The number of ether oxygens (including phenoxy) is 1. The number of H-pyrrole nitrogens is 1. The molecule has 1 saturated heterocycles. The first-order chi connectivity index (χ1) is 7.36. The maximum absolute atomic E-state index is 5.20. The number of aromatic nitrogens is 1. The van der Waals surface area contributed by atoms with Crippen LogP contribution in [0.5, 0.6) is 5.75 Å². The lowest BCUT2D eigenvalue weighted by molar-refractivity contribution is 0.415. The fraction of sp³-hybridized carbons (Fsp3) is 0.333. The lowest BCUT2D eigenvalue weighted by Gasteiger charge is -2.25. The van der Waals surface area contributed by atoms with Gasteiger partial charge in [0, 0.05) is 36.3 Å². The van der Waals surface area contributed by atoms with Crippen molar-refractivity contribution in [2.24, 2.45) is 0 Å². The predicted octanol–water partition coefficient (Wildman–Crippen LogP) is 1.86. The quantitative estimate of drug-likeness (QED) is 0.780. The fourth-order valence-corrected chi connectivity index (χ4v) is 1.98. The summed E-state index contributed by atoms with van der Waals surface area (Å²) in [6, 6.07) is 8.38. The molecule has 15 heavy (non-hydrogen) atoms. The van der Waals surface area contributed by atoms with Crippen LogP contribution in [0.3, 0.4) is 0 Å². The minimum absolute atomic E-state index is 0.656. The highest BCUT2D eigenvalue weighted by atomic mass is 16.5. The molecule has 0 radical (unpaired) electrons. The van der Waals surface area contributed by atoms with Crippen LogP contribution >= 0.6 is 0 Å². The van der Waals surface area contributed by atoms with Crippen LogP contribution in [0.1, 0.15) is 11.6 Å². The topological polar surface area (TPSA) is 37.0 Å². The molecule has 3 nitrogen and oxygen atoms in total. The van der Waals surface area contributed by atoms with Crippen molar-refractivity contribution in [2.45, 2.75) is 5.92 Å². The fourth-order valence-electron chi connectivity index (χ4n) is 1.98. The lowest BCUT2D eigenvalue weighted by Crippen LogP contribution is -2.40. The zero-order valence-electron chi connectivity index (χ0n) is 8.71. The van der Waals surface area contributed by atoms with Crippen molar-refractivity contribution < 1.29 is 4.74 Å². The van der Waals surface area contributed by atoms with E-state index in [0.29, 0.717) is 5.92 Å². The monoisotopic (exact) mass is 202 g/mol. The Morgan fingerprint density at radius 3 is 2.80 bits per heavy atom. The first-order valence-corrected chi connectivity index (χ1v) is 5.24. The normalized spacial score (nSPS) is 16.6. The first-order valence-electron chi connectivity index (χ1n) is 5.24. The summed E-state index contributed by atoms with van der Waals surface area (Å²) in [5, 5.41) is 4.54. The predicted molar refractivity (Wildman–Crippen MR) is 60.5 cm³/mol. The molecule has 0 atom stereocenters. The number of methoxy groups -OCH3 is 1. The van der Waals surface area contributed by atoms with E-state index in [0.717, 1.165) is 24.4 Å². The Hall–Kier alpha value is -1.48. The van der Waals surface area contributed by atoms with Gasteiger partial charge in [0.05, 0.1) is 7.11 Å². The molecule has 1 aromatic heterocycles. The molecular formula is C12H14N2O. The Morgan fingerprint density at radius 1 is 1.27 bits per heavy atom. The molecule has 1 aliphatic rings. The van der Waals surface area contributed by atoms with Crippen LogP contribution in [-0.2, 0) is 0 Å². The summed E-state index contributed by atoms with van der Waals surface area (Å²) < 4.78 is 5.20. The maximum Gasteiger partial charge on any atom is 0.120 e. The highest BCUT2D eigenvalue weighted by Crippen LogP contribution is 2.26. The third-order valence-electron chi connectivity index (χ3n) is 3.07. The molecule has 3 heteroatoms. The highest BCUT2D eigenvalue weighted by molar-refractivity contribution is 5.82. The highest BCUT2D eigenvalue weighted by Gasteiger charge is 2.20. The Balaban J connectivity index is 2.04. The summed E-state index contributed by atoms with van der Waals surface area (Å²) in [6.45, 7) is 2.17. The third kappa shape index (κ3) is 1.39. The Kier molecular flexibility index (Phi) is 1.92. The lowest BCUT2D eigenvalue weighted by atomic mass is 10.00. The Bertz CT molecular complexity index is 485. The second-order valence-electron chi connectivity index (χ2n) is 4.03. The third-order valence-corrected chi connectivity index (χ3v) is 3.07. The van der Waals surface area contributed by atoms with E-state index in [2.05, 4.69) is 22.4 Å². The van der Waals surface area contributed by atoms with Crippen molar-refractivity contribution >= 4 is 10.9 Å². The van der Waals surface area contributed by atoms with Gasteiger partial charge in [-0.3, -0.25) is 0 Å². The molecule has 0 bridgehead atoms. The standard InChI is InChI=1S/C12H14N2O/c1-15-10-3-2-8-4-11(9-6-13-7-9)14-12(8)5-10/h2-5,9,13-14H,6-7H2,1H3. The number of hydrogen-bond acceptors (Lipinski definition) is 2. The SMILES string of the molecule is COc1ccc2cc(C3CNC3)[nH]c2c1. The van der Waals surface area contributed by atoms with Crippen molar-refractivity contribution in [3.8, 4) is 5.75 Å². The number of benzene rings is 1. The Labute approximate surface area is 88.4 Å². The van der Waals surface area contributed by atoms with Gasteiger partial charge in [-0.25, -0.2) is 0 Å². The number of hydrogen-bond donors (Lipinski definition) is 2. The molecule has 2 aromatic rings. The minimum Gasteiger partial charge on any atom is -0.497 e. The van der Waals surface area contributed by atoms with E-state index in [4.69, 9.17) is 4.74 Å². The molecule has 2 N–H and O–H groups in total. The smallest absolute Gasteiger partial charge is 0.120 e. The van der Waals surface area contributed by atoms with Crippen LogP contribution in [-0.4, -0.2) is 25.2 Å². The molecule has 1 aliphatic heterocycles. The summed E-state index contributed by atoms with van der Waals surface area (Å²) in [5.74, 6) is 1.56. The minimum atomic E-state index is 0.656. The van der Waals surface area contributed by atoms with Crippen LogP contribution in [0.25, 0.3) is 10.9 Å². The average molecular weight is 202 g/mol. The van der Waals surface area contributed by atoms with Gasteiger partial charge < -0.3 is 15.0 Å². The summed E-state index contributed by atoms with van der Waals surface area (Å²) in [6.07, 6.45) is 0. The van der Waals surface area contributed by atoms with E-state index in [1.165, 1.54) is 11.1 Å². The van der Waals surface area contributed by atoms with Crippen LogP contribution in [0.4, 0.5) is 0 Å². The van der Waals surface area contributed by atoms with Gasteiger partial charge in [-0.1, -0.05) is 0 Å². The molecule has 1 aromatic carbocycles. The molecular weight excluding hydrogens is 188 g/mol. The second kappa shape index (κ2) is 3.28. The van der Waals surface area contributed by atoms with Crippen molar-refractivity contribution in [3.05, 3.63) is 30.0 Å². The van der Waals surface area contributed by atoms with Gasteiger partial charge in [0.15, 0.2) is 0 Å². The number of nitrogens with one attached hydrogen (secondary N) is 2. The van der Waals surface area contributed by atoms with Gasteiger partial charge >= 0.3 is 0 Å². The number of rotatable bonds is 2. The number of fused-ring (bicyclic) bond motifs is 1. The van der Waals surface area contributed by atoms with E-state index in [-0.39, 0.29) is 0 Å². The molecule has 0 saturated carbocycles. The van der Waals surface area contributed by atoms with E-state index in [1.54, 1.807) is 7.11 Å². The largest absolute Gasteiger partial charge is 0.497 e. The summed E-state index contributed by atoms with van der Waals surface area (Å²) in [5.41, 5.74) is 2.49. The van der Waals surface area contributed by atoms with Crippen LogP contribution in [0.2, 0.25) is 0 Å². The van der Waals surface area contributed by atoms with Crippen molar-refractivity contribution in [1.29, 1.82) is 0 Å². The second-order valence-corrected chi connectivity index (χ2v) is 4.03. The zero-order chi connectivity index (χ0) is 10.3. The van der Waals surface area contributed by atoms with E-state index in [1.807, 2.05) is 12.1 Å². The number of aromatic amines is 1. The molecule has 1 fully saturated rings. The summed E-state index contributed by atoms with van der Waals surface area (Å²) >= 11 is 0. The van der Waals surface area contributed by atoms with Gasteiger partial charge in [0.2, 0.25) is 0 Å². The van der Waals surface area contributed by atoms with Crippen LogP contribution < -0.4 is 10.1 Å². The molecule has 0 unspecified atom stereocenters. The van der Waals surface area contributed by atoms with E-state index >= 15 is 0 Å². The summed E-state index contributed by atoms with van der Waals surface area (Å²) in [4.78, 5) is 3.45. The molecule has 0 amide bonds.